The minimum atomic E-state index is -0.245. The van der Waals surface area contributed by atoms with Gasteiger partial charge < -0.3 is 19.7 Å². The number of nitrogens with one attached hydrogen (secondary N) is 2. The molecule has 0 aliphatic heterocycles. The summed E-state index contributed by atoms with van der Waals surface area (Å²) in [7, 11) is 3.56. The van der Waals surface area contributed by atoms with Gasteiger partial charge in [0.15, 0.2) is 6.04 Å². The molecule has 0 spiro atoms. The van der Waals surface area contributed by atoms with Crippen molar-refractivity contribution in [2.45, 2.75) is 26.4 Å². The van der Waals surface area contributed by atoms with Crippen molar-refractivity contribution in [3.8, 4) is 11.5 Å². The number of carbonyl (C=O) groups is 1. The van der Waals surface area contributed by atoms with E-state index >= 15 is 0 Å². The predicted molar refractivity (Wildman–Crippen MR) is 104 cm³/mol. The number of anilines is 1. The number of hydrogen-bond donors (Lipinski definition) is 2. The molecule has 2 rings (SSSR count). The van der Waals surface area contributed by atoms with Crippen molar-refractivity contribution in [1.29, 1.82) is 0 Å². The highest BCUT2D eigenvalue weighted by atomic mass is 35.5. The standard InChI is InChI=1S/C20H25ClN2O3/c1-5-26-17-9-6-15(7-10-17)13-23(3)14(2)20(24)22-18-12-16(21)8-11-19(18)25-4/h6-12,14H,5,13H2,1-4H3,(H,22,24)/p+1/t14-/m1/s1. The van der Waals surface area contributed by atoms with E-state index in [4.69, 9.17) is 21.1 Å². The lowest BCUT2D eigenvalue weighted by molar-refractivity contribution is -0.907. The van der Waals surface area contributed by atoms with E-state index in [9.17, 15) is 4.79 Å². The number of benzene rings is 2. The van der Waals surface area contributed by atoms with Crippen LogP contribution in [0.1, 0.15) is 19.4 Å². The number of amides is 1. The first-order valence-corrected chi connectivity index (χ1v) is 9.00. The fraction of sp³-hybridized carbons (Fsp3) is 0.350. The van der Waals surface area contributed by atoms with Gasteiger partial charge in [-0.3, -0.25) is 4.79 Å². The van der Waals surface area contributed by atoms with Crippen molar-refractivity contribution in [2.24, 2.45) is 0 Å². The second-order valence-corrected chi connectivity index (χ2v) is 6.59. The summed E-state index contributed by atoms with van der Waals surface area (Å²) in [6.07, 6.45) is 0. The van der Waals surface area contributed by atoms with Gasteiger partial charge in [0, 0.05) is 10.6 Å². The zero-order valence-corrected chi connectivity index (χ0v) is 16.4. The third-order valence-corrected chi connectivity index (χ3v) is 4.50. The molecule has 2 N–H and O–H groups in total. The van der Waals surface area contributed by atoms with Gasteiger partial charge in [-0.2, -0.15) is 0 Å². The molecule has 0 radical (unpaired) electrons. The van der Waals surface area contributed by atoms with Crippen molar-refractivity contribution in [3.63, 3.8) is 0 Å². The summed E-state index contributed by atoms with van der Waals surface area (Å²) in [6, 6.07) is 12.9. The summed E-state index contributed by atoms with van der Waals surface area (Å²) in [6.45, 7) is 5.24. The molecule has 6 heteroatoms. The lowest BCUT2D eigenvalue weighted by Gasteiger charge is -2.22. The zero-order chi connectivity index (χ0) is 19.1. The molecule has 5 nitrogen and oxygen atoms in total. The summed E-state index contributed by atoms with van der Waals surface area (Å²) in [5.41, 5.74) is 1.72. The smallest absolute Gasteiger partial charge is 0.282 e. The molecule has 0 fully saturated rings. The second kappa shape index (κ2) is 9.46. The molecular weight excluding hydrogens is 352 g/mol. The van der Waals surface area contributed by atoms with Gasteiger partial charge in [-0.25, -0.2) is 0 Å². The van der Waals surface area contributed by atoms with E-state index in [1.807, 2.05) is 45.2 Å². The van der Waals surface area contributed by atoms with Gasteiger partial charge in [-0.15, -0.1) is 0 Å². The lowest BCUT2D eigenvalue weighted by Crippen LogP contribution is -3.12. The van der Waals surface area contributed by atoms with Crippen LogP contribution >= 0.6 is 11.6 Å². The molecule has 0 heterocycles. The van der Waals surface area contributed by atoms with Crippen LogP contribution in [0.25, 0.3) is 0 Å². The van der Waals surface area contributed by atoms with E-state index in [0.29, 0.717) is 23.1 Å². The fourth-order valence-corrected chi connectivity index (χ4v) is 2.76. The molecule has 2 aromatic rings. The van der Waals surface area contributed by atoms with Crippen LogP contribution < -0.4 is 19.7 Å². The Balaban J connectivity index is 1.99. The summed E-state index contributed by atoms with van der Waals surface area (Å²) in [4.78, 5) is 13.7. The average Bonchev–Trinajstić information content (AvgIpc) is 2.63. The number of hydrogen-bond acceptors (Lipinski definition) is 3. The van der Waals surface area contributed by atoms with Crippen molar-refractivity contribution in [1.82, 2.24) is 0 Å². The van der Waals surface area contributed by atoms with E-state index in [1.165, 1.54) is 0 Å². The van der Waals surface area contributed by atoms with E-state index in [-0.39, 0.29) is 11.9 Å². The van der Waals surface area contributed by atoms with Crippen molar-refractivity contribution < 1.29 is 19.2 Å². The number of rotatable bonds is 8. The Bertz CT molecular complexity index is 734. The minimum Gasteiger partial charge on any atom is -0.495 e. The van der Waals surface area contributed by atoms with Gasteiger partial charge >= 0.3 is 0 Å². The third-order valence-electron chi connectivity index (χ3n) is 4.27. The number of likely N-dealkylation sites (N-methyl/N-ethyl adjacent to an activating group) is 1. The zero-order valence-electron chi connectivity index (χ0n) is 15.6. The maximum Gasteiger partial charge on any atom is 0.282 e. The second-order valence-electron chi connectivity index (χ2n) is 6.16. The molecule has 0 aliphatic carbocycles. The summed E-state index contributed by atoms with van der Waals surface area (Å²) in [5.74, 6) is 1.35. The monoisotopic (exact) mass is 377 g/mol. The van der Waals surface area contributed by atoms with E-state index in [2.05, 4.69) is 5.32 Å². The largest absolute Gasteiger partial charge is 0.495 e. The minimum absolute atomic E-state index is 0.0889. The molecular formula is C20H26ClN2O3+. The van der Waals surface area contributed by atoms with Gasteiger partial charge in [0.1, 0.15) is 18.0 Å². The highest BCUT2D eigenvalue weighted by Crippen LogP contribution is 2.27. The van der Waals surface area contributed by atoms with E-state index < -0.39 is 0 Å². The topological polar surface area (TPSA) is 52.0 Å². The Labute approximate surface area is 159 Å². The third kappa shape index (κ3) is 5.38. The van der Waals surface area contributed by atoms with E-state index in [0.717, 1.165) is 22.8 Å². The van der Waals surface area contributed by atoms with Gasteiger partial charge in [0.05, 0.1) is 26.5 Å². The normalized spacial score (nSPS) is 13.0. The SMILES string of the molecule is CCOc1ccc(C[NH+](C)[C@H](C)C(=O)Nc2cc(Cl)ccc2OC)cc1. The average molecular weight is 378 g/mol. The fourth-order valence-electron chi connectivity index (χ4n) is 2.59. The molecule has 1 unspecified atom stereocenters. The first-order chi connectivity index (χ1) is 12.4. The van der Waals surface area contributed by atoms with Crippen molar-refractivity contribution in [3.05, 3.63) is 53.1 Å². The number of ether oxygens (including phenoxy) is 2. The van der Waals surface area contributed by atoms with Crippen LogP contribution in [0.5, 0.6) is 11.5 Å². The maximum atomic E-state index is 12.6. The number of halogens is 1. The lowest BCUT2D eigenvalue weighted by atomic mass is 10.1. The van der Waals surface area contributed by atoms with Gasteiger partial charge in [-0.1, -0.05) is 11.6 Å². The molecule has 2 atom stereocenters. The van der Waals surface area contributed by atoms with Crippen LogP contribution in [-0.4, -0.2) is 32.7 Å². The van der Waals surface area contributed by atoms with Crippen molar-refractivity contribution >= 4 is 23.2 Å². The first-order valence-electron chi connectivity index (χ1n) is 8.63. The Morgan fingerprint density at radius 1 is 1.23 bits per heavy atom. The maximum absolute atomic E-state index is 12.6. The van der Waals surface area contributed by atoms with Gasteiger partial charge in [0.2, 0.25) is 0 Å². The van der Waals surface area contributed by atoms with E-state index in [1.54, 1.807) is 25.3 Å². The van der Waals surface area contributed by atoms with Crippen LogP contribution in [0.4, 0.5) is 5.69 Å². The number of quaternary nitrogens is 1. The molecule has 140 valence electrons. The summed E-state index contributed by atoms with van der Waals surface area (Å²) >= 11 is 6.02. The van der Waals surface area contributed by atoms with Gasteiger partial charge in [-0.05, 0) is 56.3 Å². The molecule has 0 saturated heterocycles. The van der Waals surface area contributed by atoms with Crippen LogP contribution in [0.3, 0.4) is 0 Å². The highest BCUT2D eigenvalue weighted by molar-refractivity contribution is 6.31. The Morgan fingerprint density at radius 3 is 2.54 bits per heavy atom. The Morgan fingerprint density at radius 2 is 1.92 bits per heavy atom. The van der Waals surface area contributed by atoms with Crippen LogP contribution in [0.2, 0.25) is 5.02 Å². The molecule has 0 aromatic heterocycles. The molecule has 2 aromatic carbocycles. The Kier molecular flexibility index (Phi) is 7.30. The molecule has 0 aliphatic rings. The summed E-state index contributed by atoms with van der Waals surface area (Å²) in [5, 5.41) is 3.45. The molecule has 0 saturated carbocycles. The first kappa shape index (κ1) is 20.1. The Hall–Kier alpha value is -2.24. The predicted octanol–water partition coefficient (Wildman–Crippen LogP) is 2.79. The highest BCUT2D eigenvalue weighted by Gasteiger charge is 2.23. The van der Waals surface area contributed by atoms with Crippen LogP contribution in [-0.2, 0) is 11.3 Å². The molecule has 1 amide bonds. The van der Waals surface area contributed by atoms with Gasteiger partial charge in [0.25, 0.3) is 5.91 Å². The number of methoxy groups -OCH3 is 1. The van der Waals surface area contributed by atoms with Crippen molar-refractivity contribution in [2.75, 3.05) is 26.1 Å². The summed E-state index contributed by atoms with van der Waals surface area (Å²) < 4.78 is 10.7. The number of carbonyl (C=O) groups excluding carboxylic acids is 1. The van der Waals surface area contributed by atoms with Crippen LogP contribution in [0.15, 0.2) is 42.5 Å². The molecule has 26 heavy (non-hydrogen) atoms. The quantitative estimate of drug-likeness (QED) is 0.743. The molecule has 0 bridgehead atoms. The van der Waals surface area contributed by atoms with Crippen LogP contribution in [0, 0.1) is 0 Å².